The van der Waals surface area contributed by atoms with E-state index in [0.717, 1.165) is 31.4 Å². The van der Waals surface area contributed by atoms with Crippen molar-refractivity contribution < 1.29 is 8.42 Å². The molecule has 0 aliphatic heterocycles. The van der Waals surface area contributed by atoms with Crippen LogP contribution in [-0.4, -0.2) is 21.5 Å². The molecule has 0 radical (unpaired) electrons. The lowest BCUT2D eigenvalue weighted by Gasteiger charge is -2.16. The van der Waals surface area contributed by atoms with Crippen molar-refractivity contribution >= 4 is 15.7 Å². The van der Waals surface area contributed by atoms with Crippen molar-refractivity contribution in [3.05, 3.63) is 24.3 Å². The molecule has 1 aliphatic rings. The predicted molar refractivity (Wildman–Crippen MR) is 82.3 cm³/mol. The third-order valence-corrected chi connectivity index (χ3v) is 5.57. The van der Waals surface area contributed by atoms with Crippen molar-refractivity contribution in [3.63, 3.8) is 0 Å². The summed E-state index contributed by atoms with van der Waals surface area (Å²) in [5.41, 5.74) is 0.909. The molecule has 1 aromatic carbocycles. The number of hydrogen-bond acceptors (Lipinski definition) is 3. The van der Waals surface area contributed by atoms with Crippen LogP contribution in [0.2, 0.25) is 0 Å². The second-order valence-electron chi connectivity index (χ2n) is 5.71. The summed E-state index contributed by atoms with van der Waals surface area (Å²) < 4.78 is 27.6. The van der Waals surface area contributed by atoms with Gasteiger partial charge in [0.15, 0.2) is 0 Å². The monoisotopic (exact) mass is 296 g/mol. The summed E-state index contributed by atoms with van der Waals surface area (Å²) in [5, 5.41) is 2.98. The molecule has 1 aromatic rings. The number of nitrogens with one attached hydrogen (secondary N) is 2. The summed E-state index contributed by atoms with van der Waals surface area (Å²) in [5.74, 6) is 0.708. The third kappa shape index (κ3) is 3.96. The molecule has 1 saturated carbocycles. The quantitative estimate of drug-likeness (QED) is 0.840. The Hall–Kier alpha value is -1.07. The lowest BCUT2D eigenvalue weighted by atomic mass is 10.0. The fourth-order valence-electron chi connectivity index (χ4n) is 2.69. The molecular weight excluding hydrogens is 272 g/mol. The van der Waals surface area contributed by atoms with Gasteiger partial charge in [-0.3, -0.25) is 0 Å². The molecule has 20 heavy (non-hydrogen) atoms. The van der Waals surface area contributed by atoms with Crippen molar-refractivity contribution in [3.8, 4) is 0 Å². The Bertz CT molecular complexity index is 525. The van der Waals surface area contributed by atoms with Crippen molar-refractivity contribution in [2.45, 2.75) is 50.0 Å². The fourth-order valence-corrected chi connectivity index (χ4v) is 4.00. The average Bonchev–Trinajstić information content (AvgIpc) is 2.63. The number of hydrogen-bond donors (Lipinski definition) is 2. The lowest BCUT2D eigenvalue weighted by molar-refractivity contribution is 0.484. The second kappa shape index (κ2) is 6.59. The van der Waals surface area contributed by atoms with E-state index in [0.29, 0.717) is 10.8 Å². The molecule has 0 amide bonds. The number of rotatable bonds is 4. The maximum atomic E-state index is 12.4. The minimum Gasteiger partial charge on any atom is -0.388 e. The first-order chi connectivity index (χ1) is 9.51. The largest absolute Gasteiger partial charge is 0.388 e. The van der Waals surface area contributed by atoms with Crippen LogP contribution in [0.25, 0.3) is 0 Å². The van der Waals surface area contributed by atoms with Gasteiger partial charge in [0.25, 0.3) is 0 Å². The van der Waals surface area contributed by atoms with Gasteiger partial charge in [0, 0.05) is 18.8 Å². The maximum Gasteiger partial charge on any atom is 0.240 e. The van der Waals surface area contributed by atoms with Crippen LogP contribution in [0.15, 0.2) is 29.2 Å². The van der Waals surface area contributed by atoms with Gasteiger partial charge in [-0.25, -0.2) is 13.1 Å². The van der Waals surface area contributed by atoms with Gasteiger partial charge in [-0.2, -0.15) is 0 Å². The first-order valence-electron chi connectivity index (χ1n) is 7.31. The van der Waals surface area contributed by atoms with E-state index in [-0.39, 0.29) is 6.04 Å². The van der Waals surface area contributed by atoms with Crippen molar-refractivity contribution in [2.75, 3.05) is 12.4 Å². The van der Waals surface area contributed by atoms with Crippen molar-refractivity contribution in [2.24, 2.45) is 5.92 Å². The van der Waals surface area contributed by atoms with Crippen LogP contribution >= 0.6 is 0 Å². The van der Waals surface area contributed by atoms with Crippen LogP contribution in [0.3, 0.4) is 0 Å². The van der Waals surface area contributed by atoms with Gasteiger partial charge in [-0.05, 0) is 49.4 Å². The first-order valence-corrected chi connectivity index (χ1v) is 8.80. The van der Waals surface area contributed by atoms with Gasteiger partial charge in [-0.1, -0.05) is 19.8 Å². The molecule has 2 rings (SSSR count). The van der Waals surface area contributed by atoms with E-state index in [1.807, 2.05) is 7.05 Å². The zero-order valence-corrected chi connectivity index (χ0v) is 13.0. The minimum absolute atomic E-state index is 0.0777. The second-order valence-corrected chi connectivity index (χ2v) is 7.42. The lowest BCUT2D eigenvalue weighted by Crippen LogP contribution is -2.34. The molecule has 4 nitrogen and oxygen atoms in total. The van der Waals surface area contributed by atoms with Gasteiger partial charge in [0.1, 0.15) is 0 Å². The number of anilines is 1. The Morgan fingerprint density at radius 3 is 2.40 bits per heavy atom. The van der Waals surface area contributed by atoms with Crippen LogP contribution in [0, 0.1) is 5.92 Å². The van der Waals surface area contributed by atoms with Gasteiger partial charge in [0.2, 0.25) is 10.0 Å². The van der Waals surface area contributed by atoms with Crippen molar-refractivity contribution in [1.29, 1.82) is 0 Å². The molecule has 2 atom stereocenters. The highest BCUT2D eigenvalue weighted by atomic mass is 32.2. The standard InChI is InChI=1S/C15H24N2O2S/c1-12-4-3-5-14(7-6-12)17-20(18,19)15-10-8-13(16-2)9-11-15/h8-12,14,16-17H,3-7H2,1-2H3. The fraction of sp³-hybridized carbons (Fsp3) is 0.600. The molecule has 112 valence electrons. The van der Waals surface area contributed by atoms with Crippen LogP contribution < -0.4 is 10.0 Å². The van der Waals surface area contributed by atoms with E-state index >= 15 is 0 Å². The normalized spacial score (nSPS) is 24.1. The highest BCUT2D eigenvalue weighted by Gasteiger charge is 2.22. The summed E-state index contributed by atoms with van der Waals surface area (Å²) >= 11 is 0. The molecule has 2 N–H and O–H groups in total. The van der Waals surface area contributed by atoms with E-state index in [9.17, 15) is 8.42 Å². The van der Waals surface area contributed by atoms with E-state index in [1.54, 1.807) is 24.3 Å². The van der Waals surface area contributed by atoms with Gasteiger partial charge in [-0.15, -0.1) is 0 Å². The minimum atomic E-state index is -3.40. The average molecular weight is 296 g/mol. The van der Waals surface area contributed by atoms with Crippen LogP contribution in [-0.2, 0) is 10.0 Å². The molecular formula is C15H24N2O2S. The molecule has 0 heterocycles. The predicted octanol–water partition coefficient (Wildman–Crippen LogP) is 2.98. The van der Waals surface area contributed by atoms with Gasteiger partial charge in [0.05, 0.1) is 4.90 Å². The first kappa shape index (κ1) is 15.3. The molecule has 0 aromatic heterocycles. The van der Waals surface area contributed by atoms with Crippen LogP contribution in [0.1, 0.15) is 39.0 Å². The van der Waals surface area contributed by atoms with Gasteiger partial charge < -0.3 is 5.32 Å². The molecule has 1 aliphatic carbocycles. The smallest absolute Gasteiger partial charge is 0.240 e. The topological polar surface area (TPSA) is 58.2 Å². The van der Waals surface area contributed by atoms with Crippen LogP contribution in [0.4, 0.5) is 5.69 Å². The zero-order chi connectivity index (χ0) is 14.6. The van der Waals surface area contributed by atoms with E-state index in [2.05, 4.69) is 17.0 Å². The van der Waals surface area contributed by atoms with Crippen molar-refractivity contribution in [1.82, 2.24) is 4.72 Å². The molecule has 1 fully saturated rings. The Morgan fingerprint density at radius 2 is 1.75 bits per heavy atom. The van der Waals surface area contributed by atoms with E-state index < -0.39 is 10.0 Å². The molecule has 0 spiro atoms. The molecule has 2 unspecified atom stereocenters. The SMILES string of the molecule is CNc1ccc(S(=O)(=O)NC2CCCC(C)CC2)cc1. The molecule has 0 bridgehead atoms. The molecule has 0 saturated heterocycles. The van der Waals surface area contributed by atoms with Crippen LogP contribution in [0.5, 0.6) is 0 Å². The highest BCUT2D eigenvalue weighted by molar-refractivity contribution is 7.89. The zero-order valence-electron chi connectivity index (χ0n) is 12.2. The Labute approximate surface area is 122 Å². The molecule has 5 heteroatoms. The Morgan fingerprint density at radius 1 is 1.05 bits per heavy atom. The summed E-state index contributed by atoms with van der Waals surface area (Å²) in [4.78, 5) is 0.341. The summed E-state index contributed by atoms with van der Waals surface area (Å²) in [6.45, 7) is 2.24. The highest BCUT2D eigenvalue weighted by Crippen LogP contribution is 2.24. The number of sulfonamides is 1. The summed E-state index contributed by atoms with van der Waals surface area (Å²) in [6, 6.07) is 6.93. The van der Waals surface area contributed by atoms with Gasteiger partial charge >= 0.3 is 0 Å². The van der Waals surface area contributed by atoms with E-state index in [4.69, 9.17) is 0 Å². The van der Waals surface area contributed by atoms with E-state index in [1.165, 1.54) is 6.42 Å². The Kier molecular flexibility index (Phi) is 5.05. The third-order valence-electron chi connectivity index (χ3n) is 4.03. The Balaban J connectivity index is 2.05. The summed E-state index contributed by atoms with van der Waals surface area (Å²) in [7, 11) is -1.58. The number of benzene rings is 1. The maximum absolute atomic E-state index is 12.4. The summed E-state index contributed by atoms with van der Waals surface area (Å²) in [6.07, 6.45) is 5.29.